The molecule has 12 heteroatoms. The van der Waals surface area contributed by atoms with Crippen LogP contribution in [0.4, 0.5) is 17.2 Å². The van der Waals surface area contributed by atoms with E-state index in [0.29, 0.717) is 18.0 Å². The Morgan fingerprint density at radius 3 is 2.55 bits per heavy atom. The molecule has 1 aliphatic carbocycles. The number of rotatable bonds is 12. The molecule has 4 N–H and O–H groups in total. The third kappa shape index (κ3) is 7.43. The van der Waals surface area contributed by atoms with Gasteiger partial charge in [-0.25, -0.2) is 19.9 Å². The van der Waals surface area contributed by atoms with Crippen LogP contribution in [0.3, 0.4) is 0 Å². The number of carbonyl (C=O) groups excluding carboxylic acids is 2. The lowest BCUT2D eigenvalue weighted by molar-refractivity contribution is 0.0694. The summed E-state index contributed by atoms with van der Waals surface area (Å²) in [4.78, 5) is 43.5. The van der Waals surface area contributed by atoms with Crippen LogP contribution in [0.2, 0.25) is 0 Å². The molecule has 3 aromatic rings. The number of carbonyl (C=O) groups is 2. The monoisotopic (exact) mass is 521 g/mol. The van der Waals surface area contributed by atoms with Crippen LogP contribution in [0.1, 0.15) is 59.1 Å². The molecular formula is C26H31N7O5. The molecule has 4 rings (SSSR count). The van der Waals surface area contributed by atoms with E-state index in [2.05, 4.69) is 35.9 Å². The Balaban J connectivity index is 1.62. The van der Waals surface area contributed by atoms with E-state index in [0.717, 1.165) is 18.5 Å². The molecule has 0 aliphatic heterocycles. The number of nitrogens with one attached hydrogen (secondary N) is 3. The number of anilines is 3. The van der Waals surface area contributed by atoms with Crippen molar-refractivity contribution in [3.8, 4) is 5.75 Å². The van der Waals surface area contributed by atoms with Crippen LogP contribution in [0, 0.1) is 0 Å². The van der Waals surface area contributed by atoms with Crippen molar-refractivity contribution >= 4 is 29.0 Å². The van der Waals surface area contributed by atoms with Crippen molar-refractivity contribution in [3.63, 3.8) is 0 Å². The van der Waals surface area contributed by atoms with E-state index in [4.69, 9.17) is 9.47 Å². The molecule has 1 aliphatic rings. The molecule has 38 heavy (non-hydrogen) atoms. The van der Waals surface area contributed by atoms with Crippen LogP contribution >= 0.6 is 0 Å². The van der Waals surface area contributed by atoms with Gasteiger partial charge in [-0.3, -0.25) is 9.59 Å². The first-order valence-corrected chi connectivity index (χ1v) is 12.2. The summed E-state index contributed by atoms with van der Waals surface area (Å²) in [5, 5.41) is 18.6. The van der Waals surface area contributed by atoms with Gasteiger partial charge in [0.15, 0.2) is 11.5 Å². The number of aliphatic hydroxyl groups is 1. The lowest BCUT2D eigenvalue weighted by atomic mass is 10.1. The molecule has 0 bridgehead atoms. The van der Waals surface area contributed by atoms with Gasteiger partial charge in [0.1, 0.15) is 18.7 Å². The van der Waals surface area contributed by atoms with E-state index in [1.807, 2.05) is 0 Å². The molecule has 2 aromatic heterocycles. The average molecular weight is 522 g/mol. The molecule has 1 aromatic carbocycles. The van der Waals surface area contributed by atoms with Gasteiger partial charge >= 0.3 is 0 Å². The van der Waals surface area contributed by atoms with Gasteiger partial charge in [0, 0.05) is 19.6 Å². The lowest BCUT2D eigenvalue weighted by Gasteiger charge is -2.19. The fraction of sp³-hybridized carbons (Fsp3) is 0.385. The maximum Gasteiger partial charge on any atom is 0.278 e. The number of nitrogens with zero attached hydrogens (tertiary/aromatic N) is 4. The molecule has 0 spiro atoms. The summed E-state index contributed by atoms with van der Waals surface area (Å²) in [6.07, 6.45) is 8.14. The molecule has 0 atom stereocenters. The number of ether oxygens (including phenoxy) is 2. The highest BCUT2D eigenvalue weighted by molar-refractivity contribution is 6.10. The van der Waals surface area contributed by atoms with Gasteiger partial charge in [-0.05, 0) is 44.9 Å². The second kappa shape index (κ2) is 11.9. The third-order valence-corrected chi connectivity index (χ3v) is 5.55. The second-order valence-corrected chi connectivity index (χ2v) is 9.52. The molecule has 1 fully saturated rings. The summed E-state index contributed by atoms with van der Waals surface area (Å²) in [6.45, 7) is 3.83. The first-order chi connectivity index (χ1) is 18.2. The minimum Gasteiger partial charge on any atom is -0.491 e. The summed E-state index contributed by atoms with van der Waals surface area (Å²) in [5.41, 5.74) is 0.632. The van der Waals surface area contributed by atoms with Gasteiger partial charge in [0.05, 0.1) is 53.4 Å². The first-order valence-electron chi connectivity index (χ1n) is 12.2. The molecule has 2 heterocycles. The van der Waals surface area contributed by atoms with Gasteiger partial charge in [-0.2, -0.15) is 0 Å². The Kier molecular flexibility index (Phi) is 8.44. The van der Waals surface area contributed by atoms with Gasteiger partial charge in [0.25, 0.3) is 11.8 Å². The quantitative estimate of drug-likeness (QED) is 0.261. The fourth-order valence-corrected chi connectivity index (χ4v) is 3.45. The minimum atomic E-state index is -1.12. The molecule has 1 saturated carbocycles. The van der Waals surface area contributed by atoms with Crippen LogP contribution in [-0.4, -0.2) is 69.3 Å². The molecule has 200 valence electrons. The van der Waals surface area contributed by atoms with Crippen LogP contribution in [0.15, 0.2) is 43.1 Å². The zero-order valence-corrected chi connectivity index (χ0v) is 21.5. The number of hydrogen-bond donors (Lipinski definition) is 4. The van der Waals surface area contributed by atoms with E-state index in [-0.39, 0.29) is 41.8 Å². The Morgan fingerprint density at radius 1 is 1.11 bits per heavy atom. The topological polar surface area (TPSA) is 160 Å². The number of hydrogen-bond acceptors (Lipinski definition) is 10. The maximum absolute atomic E-state index is 13.5. The smallest absolute Gasteiger partial charge is 0.278 e. The standard InChI is InChI=1S/C26H31N7O5/c1-26(2,36)14-30-24(34)19-10-18(38-9-8-37-3)6-7-20(19)33-25(35)22-23(31-17-11-27-15-28-12-17)29-13-21(32-22)16-4-5-16/h6-7,10-13,15-16,36H,4-5,8-9,14H2,1-3H3,(H,29,31)(H,30,34)(H,33,35). The number of benzene rings is 1. The van der Waals surface area contributed by atoms with Crippen LogP contribution in [0.25, 0.3) is 0 Å². The third-order valence-electron chi connectivity index (χ3n) is 5.55. The number of methoxy groups -OCH3 is 1. The molecular weight excluding hydrogens is 490 g/mol. The van der Waals surface area contributed by atoms with Crippen molar-refractivity contribution in [3.05, 3.63) is 60.1 Å². The van der Waals surface area contributed by atoms with Crippen molar-refractivity contribution in [1.29, 1.82) is 0 Å². The van der Waals surface area contributed by atoms with Crippen molar-refractivity contribution < 1.29 is 24.2 Å². The maximum atomic E-state index is 13.5. The lowest BCUT2D eigenvalue weighted by Crippen LogP contribution is -2.38. The molecule has 0 saturated heterocycles. The molecule has 0 unspecified atom stereocenters. The van der Waals surface area contributed by atoms with Gasteiger partial charge in [-0.1, -0.05) is 0 Å². The van der Waals surface area contributed by atoms with Crippen molar-refractivity contribution in [2.75, 3.05) is 37.5 Å². The van der Waals surface area contributed by atoms with Gasteiger partial charge in [-0.15, -0.1) is 0 Å². The molecule has 0 radical (unpaired) electrons. The van der Waals surface area contributed by atoms with Crippen LogP contribution in [0.5, 0.6) is 5.75 Å². The van der Waals surface area contributed by atoms with Gasteiger partial charge < -0.3 is 30.5 Å². The average Bonchev–Trinajstić information content (AvgIpc) is 3.74. The Labute approximate surface area is 220 Å². The highest BCUT2D eigenvalue weighted by Gasteiger charge is 2.28. The summed E-state index contributed by atoms with van der Waals surface area (Å²) in [5.74, 6) is -0.110. The Hall–Kier alpha value is -4.16. The number of amides is 2. The van der Waals surface area contributed by atoms with Crippen LogP contribution in [-0.2, 0) is 4.74 Å². The highest BCUT2D eigenvalue weighted by Crippen LogP contribution is 2.39. The predicted molar refractivity (Wildman–Crippen MR) is 140 cm³/mol. The van der Waals surface area contributed by atoms with Gasteiger partial charge in [0.2, 0.25) is 0 Å². The zero-order chi connectivity index (χ0) is 27.1. The number of aromatic nitrogens is 4. The van der Waals surface area contributed by atoms with Crippen LogP contribution < -0.4 is 20.7 Å². The normalized spacial score (nSPS) is 13.1. The highest BCUT2D eigenvalue weighted by atomic mass is 16.5. The Morgan fingerprint density at radius 2 is 1.87 bits per heavy atom. The van der Waals surface area contributed by atoms with E-state index >= 15 is 0 Å². The second-order valence-electron chi connectivity index (χ2n) is 9.52. The van der Waals surface area contributed by atoms with E-state index < -0.39 is 17.4 Å². The first kappa shape index (κ1) is 26.9. The summed E-state index contributed by atoms with van der Waals surface area (Å²) >= 11 is 0. The van der Waals surface area contributed by atoms with E-state index in [1.165, 1.54) is 12.4 Å². The van der Waals surface area contributed by atoms with E-state index in [1.54, 1.807) is 51.7 Å². The fourth-order valence-electron chi connectivity index (χ4n) is 3.45. The predicted octanol–water partition coefficient (Wildman–Crippen LogP) is 2.67. The zero-order valence-electron chi connectivity index (χ0n) is 21.5. The summed E-state index contributed by atoms with van der Waals surface area (Å²) in [6, 6.07) is 4.75. The summed E-state index contributed by atoms with van der Waals surface area (Å²) in [7, 11) is 1.56. The molecule has 12 nitrogen and oxygen atoms in total. The van der Waals surface area contributed by atoms with Crippen molar-refractivity contribution in [2.24, 2.45) is 0 Å². The summed E-state index contributed by atoms with van der Waals surface area (Å²) < 4.78 is 10.7. The van der Waals surface area contributed by atoms with Crippen molar-refractivity contribution in [1.82, 2.24) is 25.3 Å². The minimum absolute atomic E-state index is 0.0100. The molecule has 2 amide bonds. The van der Waals surface area contributed by atoms with Crippen molar-refractivity contribution in [2.45, 2.75) is 38.2 Å². The van der Waals surface area contributed by atoms with E-state index in [9.17, 15) is 14.7 Å². The SMILES string of the molecule is COCCOc1ccc(NC(=O)c2nc(C3CC3)cnc2Nc2cncnc2)c(C(=O)NCC(C)(C)O)c1. The Bertz CT molecular complexity index is 1280. The largest absolute Gasteiger partial charge is 0.491 e.